The molecule has 0 bridgehead atoms. The van der Waals surface area contributed by atoms with Gasteiger partial charge in [-0.15, -0.1) is 0 Å². The van der Waals surface area contributed by atoms with Crippen molar-refractivity contribution < 1.29 is 4.39 Å². The summed E-state index contributed by atoms with van der Waals surface area (Å²) in [7, 11) is 0. The molecule has 2 N–H and O–H groups in total. The first-order valence-corrected chi connectivity index (χ1v) is 7.77. The molecule has 20 heavy (non-hydrogen) atoms. The van der Waals surface area contributed by atoms with E-state index < -0.39 is 0 Å². The molecule has 0 spiro atoms. The summed E-state index contributed by atoms with van der Waals surface area (Å²) in [5.74, 6) is 0.660. The first kappa shape index (κ1) is 13.8. The zero-order chi connectivity index (χ0) is 13.9. The molecule has 0 saturated carbocycles. The Bertz CT molecular complexity index is 589. The van der Waals surface area contributed by atoms with Crippen molar-refractivity contribution >= 4 is 15.9 Å². The van der Waals surface area contributed by atoms with Crippen molar-refractivity contribution in [3.05, 3.63) is 40.5 Å². The van der Waals surface area contributed by atoms with E-state index in [4.69, 9.17) is 0 Å². The number of rotatable bonds is 2. The van der Waals surface area contributed by atoms with E-state index >= 15 is 0 Å². The van der Waals surface area contributed by atoms with E-state index in [1.165, 1.54) is 25.3 Å². The van der Waals surface area contributed by atoms with Crippen molar-refractivity contribution in [2.24, 2.45) is 0 Å². The van der Waals surface area contributed by atoms with Crippen molar-refractivity contribution in [1.29, 1.82) is 0 Å². The summed E-state index contributed by atoms with van der Waals surface area (Å²) < 4.78 is 14.7. The van der Waals surface area contributed by atoms with Crippen LogP contribution in [0.4, 0.5) is 4.39 Å². The second-order valence-electron chi connectivity index (χ2n) is 5.16. The third-order valence-corrected chi connectivity index (χ3v) is 4.20. The van der Waals surface area contributed by atoms with Crippen LogP contribution in [0.15, 0.2) is 28.9 Å². The summed E-state index contributed by atoms with van der Waals surface area (Å²) in [6.07, 6.45) is 6.48. The van der Waals surface area contributed by atoms with Gasteiger partial charge in [0.05, 0.1) is 17.9 Å². The number of nitrogens with zero attached hydrogens (tertiary/aromatic N) is 1. The molecule has 3 nitrogen and oxygen atoms in total. The van der Waals surface area contributed by atoms with E-state index in [9.17, 15) is 4.39 Å². The van der Waals surface area contributed by atoms with Crippen molar-refractivity contribution in [3.63, 3.8) is 0 Å². The zero-order valence-corrected chi connectivity index (χ0v) is 12.7. The van der Waals surface area contributed by atoms with Gasteiger partial charge in [0.1, 0.15) is 11.6 Å². The largest absolute Gasteiger partial charge is 0.341 e. The minimum Gasteiger partial charge on any atom is -0.341 e. The van der Waals surface area contributed by atoms with E-state index in [2.05, 4.69) is 31.2 Å². The lowest BCUT2D eigenvalue weighted by Crippen LogP contribution is -2.21. The molecule has 1 unspecified atom stereocenters. The minimum atomic E-state index is -0.247. The van der Waals surface area contributed by atoms with Gasteiger partial charge in [-0.25, -0.2) is 9.37 Å². The lowest BCUT2D eigenvalue weighted by molar-refractivity contribution is 0.512. The molecule has 1 aromatic heterocycles. The molecule has 3 rings (SSSR count). The lowest BCUT2D eigenvalue weighted by Gasteiger charge is -2.12. The second-order valence-corrected chi connectivity index (χ2v) is 6.08. The molecule has 1 aromatic carbocycles. The van der Waals surface area contributed by atoms with Crippen LogP contribution in [-0.2, 0) is 0 Å². The summed E-state index contributed by atoms with van der Waals surface area (Å²) in [6.45, 7) is 1.02. The van der Waals surface area contributed by atoms with Crippen molar-refractivity contribution in [2.75, 3.05) is 6.54 Å². The number of H-pyrrole nitrogens is 1. The third kappa shape index (κ3) is 2.94. The Kier molecular flexibility index (Phi) is 4.17. The first-order valence-electron chi connectivity index (χ1n) is 6.98. The highest BCUT2D eigenvalue weighted by Gasteiger charge is 2.17. The van der Waals surface area contributed by atoms with E-state index in [1.54, 1.807) is 12.3 Å². The van der Waals surface area contributed by atoms with Gasteiger partial charge in [-0.05, 0) is 37.6 Å². The topological polar surface area (TPSA) is 40.7 Å². The van der Waals surface area contributed by atoms with Gasteiger partial charge in [-0.2, -0.15) is 0 Å². The molecule has 0 amide bonds. The Morgan fingerprint density at radius 1 is 1.25 bits per heavy atom. The summed E-state index contributed by atoms with van der Waals surface area (Å²) in [5, 5.41) is 3.49. The molecular formula is C15H17BrFN3. The number of aromatic nitrogens is 2. The van der Waals surface area contributed by atoms with Gasteiger partial charge < -0.3 is 10.3 Å². The minimum absolute atomic E-state index is 0.247. The Labute approximate surface area is 126 Å². The number of imidazole rings is 1. The van der Waals surface area contributed by atoms with Crippen LogP contribution in [0.1, 0.15) is 37.5 Å². The van der Waals surface area contributed by atoms with Crippen LogP contribution in [0.5, 0.6) is 0 Å². The number of hydrogen-bond acceptors (Lipinski definition) is 2. The molecule has 5 heteroatoms. The average molecular weight is 338 g/mol. The van der Waals surface area contributed by atoms with E-state index in [0.29, 0.717) is 5.56 Å². The van der Waals surface area contributed by atoms with Crippen LogP contribution < -0.4 is 5.32 Å². The summed E-state index contributed by atoms with van der Waals surface area (Å²) in [5.41, 5.74) is 1.29. The van der Waals surface area contributed by atoms with Crippen LogP contribution in [0.3, 0.4) is 0 Å². The average Bonchev–Trinajstić information content (AvgIpc) is 2.74. The van der Waals surface area contributed by atoms with Gasteiger partial charge in [0.15, 0.2) is 0 Å². The molecule has 1 aliphatic heterocycles. The molecule has 0 aliphatic carbocycles. The predicted molar refractivity (Wildman–Crippen MR) is 80.9 cm³/mol. The SMILES string of the molecule is Fc1cc(Br)ccc1-c1cnc(C2CCCCCN2)[nH]1. The standard InChI is InChI=1S/C15H17BrFN3/c16-10-5-6-11(12(17)8-10)14-9-19-15(20-14)13-4-2-1-3-7-18-13/h5-6,8-9,13,18H,1-4,7H2,(H,19,20). The molecule has 106 valence electrons. The lowest BCUT2D eigenvalue weighted by atomic mass is 10.1. The molecule has 1 fully saturated rings. The Hall–Kier alpha value is -1.20. The van der Waals surface area contributed by atoms with Gasteiger partial charge in [0.2, 0.25) is 0 Å². The molecule has 2 heterocycles. The van der Waals surface area contributed by atoms with Crippen LogP contribution in [-0.4, -0.2) is 16.5 Å². The number of hydrogen-bond donors (Lipinski definition) is 2. The molecule has 0 radical (unpaired) electrons. The van der Waals surface area contributed by atoms with E-state index in [1.807, 2.05) is 6.07 Å². The van der Waals surface area contributed by atoms with Gasteiger partial charge in [-0.1, -0.05) is 28.8 Å². The van der Waals surface area contributed by atoms with Crippen LogP contribution in [0.25, 0.3) is 11.3 Å². The first-order chi connectivity index (χ1) is 9.74. The van der Waals surface area contributed by atoms with Gasteiger partial charge in [-0.3, -0.25) is 0 Å². The normalized spacial score (nSPS) is 19.8. The molecule has 1 aliphatic rings. The van der Waals surface area contributed by atoms with E-state index in [0.717, 1.165) is 29.0 Å². The highest BCUT2D eigenvalue weighted by molar-refractivity contribution is 9.10. The Balaban J connectivity index is 1.85. The fourth-order valence-electron chi connectivity index (χ4n) is 2.62. The number of aromatic amines is 1. The zero-order valence-electron chi connectivity index (χ0n) is 11.1. The monoisotopic (exact) mass is 337 g/mol. The highest BCUT2D eigenvalue weighted by atomic mass is 79.9. The maximum atomic E-state index is 14.0. The Morgan fingerprint density at radius 2 is 2.15 bits per heavy atom. The van der Waals surface area contributed by atoms with Crippen LogP contribution in [0.2, 0.25) is 0 Å². The Morgan fingerprint density at radius 3 is 3.00 bits per heavy atom. The van der Waals surface area contributed by atoms with Crippen LogP contribution >= 0.6 is 15.9 Å². The third-order valence-electron chi connectivity index (χ3n) is 3.71. The van der Waals surface area contributed by atoms with Crippen LogP contribution in [0, 0.1) is 5.82 Å². The molecule has 2 aromatic rings. The molecule has 1 saturated heterocycles. The molecule has 1 atom stereocenters. The van der Waals surface area contributed by atoms with E-state index in [-0.39, 0.29) is 11.9 Å². The summed E-state index contributed by atoms with van der Waals surface area (Å²) in [4.78, 5) is 7.68. The highest BCUT2D eigenvalue weighted by Crippen LogP contribution is 2.27. The van der Waals surface area contributed by atoms with Crippen molar-refractivity contribution in [3.8, 4) is 11.3 Å². The van der Waals surface area contributed by atoms with Gasteiger partial charge in [0.25, 0.3) is 0 Å². The fraction of sp³-hybridized carbons (Fsp3) is 0.400. The number of nitrogens with one attached hydrogen (secondary N) is 2. The smallest absolute Gasteiger partial charge is 0.133 e. The van der Waals surface area contributed by atoms with Crippen molar-refractivity contribution in [1.82, 2.24) is 15.3 Å². The number of halogens is 2. The predicted octanol–water partition coefficient (Wildman–Crippen LogP) is 4.18. The van der Waals surface area contributed by atoms with Gasteiger partial charge >= 0.3 is 0 Å². The second kappa shape index (κ2) is 6.06. The maximum absolute atomic E-state index is 14.0. The molecular weight excluding hydrogens is 321 g/mol. The quantitative estimate of drug-likeness (QED) is 0.862. The number of benzene rings is 1. The maximum Gasteiger partial charge on any atom is 0.133 e. The summed E-state index contributed by atoms with van der Waals surface area (Å²) >= 11 is 3.27. The fourth-order valence-corrected chi connectivity index (χ4v) is 2.95. The summed E-state index contributed by atoms with van der Waals surface area (Å²) in [6, 6.07) is 5.32. The van der Waals surface area contributed by atoms with Gasteiger partial charge in [0, 0.05) is 10.0 Å². The van der Waals surface area contributed by atoms with Crippen molar-refractivity contribution in [2.45, 2.75) is 31.7 Å².